The highest BCUT2D eigenvalue weighted by molar-refractivity contribution is 5.83. The van der Waals surface area contributed by atoms with Crippen LogP contribution in [0.5, 0.6) is 0 Å². The van der Waals surface area contributed by atoms with Crippen LogP contribution in [0.4, 0.5) is 0 Å². The summed E-state index contributed by atoms with van der Waals surface area (Å²) in [5.74, 6) is 0.00136. The minimum atomic E-state index is -0.00194. The van der Waals surface area contributed by atoms with Gasteiger partial charge in [0.15, 0.2) is 0 Å². The van der Waals surface area contributed by atoms with E-state index in [4.69, 9.17) is 0 Å². The first-order valence-electron chi connectivity index (χ1n) is 14.4. The summed E-state index contributed by atoms with van der Waals surface area (Å²) >= 11 is 0. The van der Waals surface area contributed by atoms with E-state index in [9.17, 15) is 9.59 Å². The first-order chi connectivity index (χ1) is 16.1. The van der Waals surface area contributed by atoms with Crippen LogP contribution in [0.1, 0.15) is 136 Å². The Morgan fingerprint density at radius 2 is 0.848 bits per heavy atom. The van der Waals surface area contributed by atoms with Gasteiger partial charge in [-0.2, -0.15) is 0 Å². The van der Waals surface area contributed by atoms with Crippen molar-refractivity contribution in [2.75, 3.05) is 32.7 Å². The van der Waals surface area contributed by atoms with Crippen LogP contribution in [0, 0.1) is 0 Å². The maximum atomic E-state index is 12.0. The molecule has 0 unspecified atom stereocenters. The second-order valence-electron chi connectivity index (χ2n) is 9.64. The SMILES string of the molecule is CCCCCCCCCCCCNC(=O)CCC(=O)NCCCCN(CCCC)CCCC. The van der Waals surface area contributed by atoms with Gasteiger partial charge in [-0.3, -0.25) is 9.59 Å². The van der Waals surface area contributed by atoms with Gasteiger partial charge in [-0.1, -0.05) is 91.4 Å². The third-order valence-corrected chi connectivity index (χ3v) is 6.31. The van der Waals surface area contributed by atoms with Crippen LogP contribution in [-0.2, 0) is 9.59 Å². The molecule has 0 spiro atoms. The number of rotatable bonds is 25. The van der Waals surface area contributed by atoms with Crippen molar-refractivity contribution >= 4 is 11.8 Å². The summed E-state index contributed by atoms with van der Waals surface area (Å²) in [6.45, 7) is 11.7. The van der Waals surface area contributed by atoms with Crippen LogP contribution < -0.4 is 10.6 Å². The van der Waals surface area contributed by atoms with Gasteiger partial charge in [-0.25, -0.2) is 0 Å². The van der Waals surface area contributed by atoms with Gasteiger partial charge in [0, 0.05) is 25.9 Å². The summed E-state index contributed by atoms with van der Waals surface area (Å²) in [5, 5.41) is 5.93. The van der Waals surface area contributed by atoms with Crippen LogP contribution >= 0.6 is 0 Å². The number of amides is 2. The Morgan fingerprint density at radius 1 is 0.485 bits per heavy atom. The van der Waals surface area contributed by atoms with Crippen molar-refractivity contribution in [3.05, 3.63) is 0 Å². The fraction of sp³-hybridized carbons (Fsp3) is 0.929. The molecule has 0 aliphatic carbocycles. The second kappa shape index (κ2) is 25.5. The Balaban J connectivity index is 3.54. The lowest BCUT2D eigenvalue weighted by atomic mass is 10.1. The molecule has 0 aromatic carbocycles. The van der Waals surface area contributed by atoms with E-state index in [0.717, 1.165) is 32.4 Å². The summed E-state index contributed by atoms with van der Waals surface area (Å²) < 4.78 is 0. The Morgan fingerprint density at radius 3 is 1.30 bits per heavy atom. The molecule has 196 valence electrons. The van der Waals surface area contributed by atoms with E-state index in [0.29, 0.717) is 19.4 Å². The van der Waals surface area contributed by atoms with Gasteiger partial charge in [0.1, 0.15) is 0 Å². The summed E-state index contributed by atoms with van der Waals surface area (Å²) in [6, 6.07) is 0. The maximum absolute atomic E-state index is 12.0. The molecular weight excluding hydrogens is 410 g/mol. The average Bonchev–Trinajstić information content (AvgIpc) is 2.82. The van der Waals surface area contributed by atoms with E-state index in [2.05, 4.69) is 36.3 Å². The second-order valence-corrected chi connectivity index (χ2v) is 9.64. The molecule has 0 bridgehead atoms. The topological polar surface area (TPSA) is 61.4 Å². The van der Waals surface area contributed by atoms with Gasteiger partial charge in [0.05, 0.1) is 0 Å². The number of carbonyl (C=O) groups is 2. The smallest absolute Gasteiger partial charge is 0.220 e. The molecule has 2 N–H and O–H groups in total. The van der Waals surface area contributed by atoms with E-state index in [-0.39, 0.29) is 11.8 Å². The Hall–Kier alpha value is -1.10. The summed E-state index contributed by atoms with van der Waals surface area (Å²) in [4.78, 5) is 26.5. The van der Waals surface area contributed by atoms with Crippen molar-refractivity contribution in [3.8, 4) is 0 Å². The number of hydrogen-bond acceptors (Lipinski definition) is 3. The molecule has 5 nitrogen and oxygen atoms in total. The molecule has 0 radical (unpaired) electrons. The fourth-order valence-corrected chi connectivity index (χ4v) is 4.03. The minimum absolute atomic E-state index is 0.00194. The zero-order valence-corrected chi connectivity index (χ0v) is 22.5. The van der Waals surface area contributed by atoms with E-state index >= 15 is 0 Å². The molecule has 0 atom stereocenters. The third-order valence-electron chi connectivity index (χ3n) is 6.31. The zero-order valence-electron chi connectivity index (χ0n) is 22.5. The molecule has 0 aromatic rings. The number of carbonyl (C=O) groups excluding carboxylic acids is 2. The Labute approximate surface area is 206 Å². The van der Waals surface area contributed by atoms with Gasteiger partial charge >= 0.3 is 0 Å². The standard InChI is InChI=1S/C28H57N3O2/c1-4-7-10-11-12-13-14-15-16-17-22-29-27(32)20-21-28(33)30-23-18-19-26-31(24-8-5-2)25-9-6-3/h4-26H2,1-3H3,(H,29,32)(H,30,33). The van der Waals surface area contributed by atoms with E-state index in [1.807, 2.05) is 0 Å². The highest BCUT2D eigenvalue weighted by Crippen LogP contribution is 2.10. The molecule has 0 aliphatic rings. The van der Waals surface area contributed by atoms with Crippen LogP contribution in [-0.4, -0.2) is 49.4 Å². The highest BCUT2D eigenvalue weighted by Gasteiger charge is 2.07. The van der Waals surface area contributed by atoms with E-state index in [1.165, 1.54) is 96.6 Å². The maximum Gasteiger partial charge on any atom is 0.220 e. The lowest BCUT2D eigenvalue weighted by molar-refractivity contribution is -0.126. The number of nitrogens with zero attached hydrogens (tertiary/aromatic N) is 1. The predicted octanol–water partition coefficient (Wildman–Crippen LogP) is 6.60. The minimum Gasteiger partial charge on any atom is -0.356 e. The van der Waals surface area contributed by atoms with Crippen molar-refractivity contribution in [2.45, 2.75) is 136 Å². The van der Waals surface area contributed by atoms with Crippen molar-refractivity contribution < 1.29 is 9.59 Å². The number of unbranched alkanes of at least 4 members (excludes halogenated alkanes) is 12. The molecule has 5 heteroatoms. The summed E-state index contributed by atoms with van der Waals surface area (Å²) in [7, 11) is 0. The lowest BCUT2D eigenvalue weighted by Crippen LogP contribution is -2.30. The molecule has 0 saturated heterocycles. The Kier molecular flexibility index (Phi) is 24.7. The normalized spacial score (nSPS) is 11.2. The van der Waals surface area contributed by atoms with Gasteiger partial charge < -0.3 is 15.5 Å². The Bertz CT molecular complexity index is 435. The fourth-order valence-electron chi connectivity index (χ4n) is 4.03. The van der Waals surface area contributed by atoms with Gasteiger partial charge in [-0.05, 0) is 51.7 Å². The third kappa shape index (κ3) is 23.8. The van der Waals surface area contributed by atoms with Crippen molar-refractivity contribution in [1.29, 1.82) is 0 Å². The van der Waals surface area contributed by atoms with Crippen LogP contribution in [0.3, 0.4) is 0 Å². The van der Waals surface area contributed by atoms with Crippen molar-refractivity contribution in [3.63, 3.8) is 0 Å². The van der Waals surface area contributed by atoms with E-state index < -0.39 is 0 Å². The summed E-state index contributed by atoms with van der Waals surface area (Å²) in [6.07, 6.45) is 20.7. The van der Waals surface area contributed by atoms with Gasteiger partial charge in [0.25, 0.3) is 0 Å². The van der Waals surface area contributed by atoms with Crippen LogP contribution in [0.2, 0.25) is 0 Å². The number of nitrogens with one attached hydrogen (secondary N) is 2. The first kappa shape index (κ1) is 31.9. The molecule has 2 amide bonds. The molecular formula is C28H57N3O2. The quantitative estimate of drug-likeness (QED) is 0.149. The van der Waals surface area contributed by atoms with Crippen molar-refractivity contribution in [2.24, 2.45) is 0 Å². The molecule has 0 aliphatic heterocycles. The largest absolute Gasteiger partial charge is 0.356 e. The lowest BCUT2D eigenvalue weighted by Gasteiger charge is -2.21. The molecule has 0 heterocycles. The molecule has 33 heavy (non-hydrogen) atoms. The highest BCUT2D eigenvalue weighted by atomic mass is 16.2. The first-order valence-corrected chi connectivity index (χ1v) is 14.4. The molecule has 0 saturated carbocycles. The predicted molar refractivity (Wildman–Crippen MR) is 143 cm³/mol. The van der Waals surface area contributed by atoms with Gasteiger partial charge in [-0.15, -0.1) is 0 Å². The molecule has 0 fully saturated rings. The molecule has 0 aromatic heterocycles. The molecule has 0 rings (SSSR count). The van der Waals surface area contributed by atoms with Gasteiger partial charge in [0.2, 0.25) is 11.8 Å². The van der Waals surface area contributed by atoms with Crippen LogP contribution in [0.25, 0.3) is 0 Å². The summed E-state index contributed by atoms with van der Waals surface area (Å²) in [5.41, 5.74) is 0. The average molecular weight is 468 g/mol. The van der Waals surface area contributed by atoms with E-state index in [1.54, 1.807) is 0 Å². The van der Waals surface area contributed by atoms with Crippen molar-refractivity contribution in [1.82, 2.24) is 15.5 Å². The van der Waals surface area contributed by atoms with Crippen LogP contribution in [0.15, 0.2) is 0 Å². The number of hydrogen-bond donors (Lipinski definition) is 2. The monoisotopic (exact) mass is 467 g/mol. The zero-order chi connectivity index (χ0) is 24.4.